The molecule has 0 spiro atoms. The molecule has 0 aliphatic rings. The Morgan fingerprint density at radius 1 is 1.00 bits per heavy atom. The zero-order valence-corrected chi connectivity index (χ0v) is 17.9. The Hall–Kier alpha value is -3.80. The van der Waals surface area contributed by atoms with Gasteiger partial charge in [0.2, 0.25) is 0 Å². The van der Waals surface area contributed by atoms with E-state index in [2.05, 4.69) is 47.7 Å². The lowest BCUT2D eigenvalue weighted by Gasteiger charge is -2.06. The van der Waals surface area contributed by atoms with Crippen molar-refractivity contribution in [2.24, 2.45) is 0 Å². The van der Waals surface area contributed by atoms with Crippen molar-refractivity contribution in [1.29, 1.82) is 0 Å². The molecule has 2 heterocycles. The molecule has 0 aliphatic heterocycles. The lowest BCUT2D eigenvalue weighted by molar-refractivity contribution is 0.0992. The Morgan fingerprint density at radius 2 is 1.74 bits per heavy atom. The van der Waals surface area contributed by atoms with Crippen molar-refractivity contribution in [2.45, 2.75) is 33.9 Å². The lowest BCUT2D eigenvalue weighted by Crippen LogP contribution is -2.10. The first kappa shape index (κ1) is 20.5. The number of amides is 1. The fourth-order valence-electron chi connectivity index (χ4n) is 3.34. The van der Waals surface area contributed by atoms with E-state index in [-0.39, 0.29) is 18.3 Å². The van der Waals surface area contributed by atoms with Gasteiger partial charge in [-0.3, -0.25) is 9.48 Å². The molecule has 0 fully saturated rings. The monoisotopic (exact) mass is 415 g/mol. The van der Waals surface area contributed by atoms with Crippen LogP contribution in [0.1, 0.15) is 38.6 Å². The normalized spacial score (nSPS) is 10.8. The summed E-state index contributed by atoms with van der Waals surface area (Å²) in [4.78, 5) is 12.5. The second kappa shape index (κ2) is 8.92. The summed E-state index contributed by atoms with van der Waals surface area (Å²) in [6.07, 6.45) is 3.42. The molecule has 1 amide bonds. The Morgan fingerprint density at radius 3 is 2.48 bits per heavy atom. The number of aromatic nitrogens is 2. The van der Waals surface area contributed by atoms with E-state index in [0.717, 1.165) is 22.4 Å². The summed E-state index contributed by atoms with van der Waals surface area (Å²) >= 11 is 0. The Balaban J connectivity index is 1.33. The number of hydrogen-bond donors (Lipinski definition) is 1. The van der Waals surface area contributed by atoms with Crippen molar-refractivity contribution in [2.75, 3.05) is 5.32 Å². The van der Waals surface area contributed by atoms with Crippen LogP contribution in [0.4, 0.5) is 5.69 Å². The smallest absolute Gasteiger partial charge is 0.291 e. The molecule has 158 valence electrons. The molecule has 4 aromatic rings. The highest BCUT2D eigenvalue weighted by atomic mass is 16.5. The highest BCUT2D eigenvalue weighted by Gasteiger charge is 2.13. The summed E-state index contributed by atoms with van der Waals surface area (Å²) < 4.78 is 13.2. The van der Waals surface area contributed by atoms with Gasteiger partial charge in [-0.1, -0.05) is 35.9 Å². The van der Waals surface area contributed by atoms with Gasteiger partial charge >= 0.3 is 0 Å². The van der Waals surface area contributed by atoms with Gasteiger partial charge in [-0.25, -0.2) is 0 Å². The summed E-state index contributed by atoms with van der Waals surface area (Å²) in [5, 5.41) is 7.13. The van der Waals surface area contributed by atoms with Crippen LogP contribution in [0, 0.1) is 20.8 Å². The summed E-state index contributed by atoms with van der Waals surface area (Å²) in [5.74, 6) is 1.26. The van der Waals surface area contributed by atoms with Crippen LogP contribution in [-0.4, -0.2) is 15.7 Å². The van der Waals surface area contributed by atoms with Crippen LogP contribution in [0.15, 0.2) is 71.4 Å². The minimum absolute atomic E-state index is 0.227. The Labute approximate surface area is 181 Å². The minimum Gasteiger partial charge on any atom is -0.486 e. The third kappa shape index (κ3) is 5.42. The lowest BCUT2D eigenvalue weighted by atomic mass is 10.1. The van der Waals surface area contributed by atoms with E-state index in [0.29, 0.717) is 18.0 Å². The number of rotatable bonds is 7. The molecule has 0 bridgehead atoms. The first-order valence-corrected chi connectivity index (χ1v) is 10.1. The average Bonchev–Trinajstić information content (AvgIpc) is 3.37. The van der Waals surface area contributed by atoms with Gasteiger partial charge in [-0.15, -0.1) is 0 Å². The summed E-state index contributed by atoms with van der Waals surface area (Å²) in [6.45, 7) is 7.00. The number of ether oxygens (including phenoxy) is 1. The number of carbonyl (C=O) groups is 1. The molecule has 2 aromatic carbocycles. The van der Waals surface area contributed by atoms with E-state index in [9.17, 15) is 4.79 Å². The number of benzene rings is 2. The predicted molar refractivity (Wildman–Crippen MR) is 119 cm³/mol. The van der Waals surface area contributed by atoms with Gasteiger partial charge in [0.1, 0.15) is 18.1 Å². The number of nitrogens with one attached hydrogen (secondary N) is 1. The fourth-order valence-corrected chi connectivity index (χ4v) is 3.34. The van der Waals surface area contributed by atoms with E-state index in [1.165, 1.54) is 5.56 Å². The van der Waals surface area contributed by atoms with E-state index < -0.39 is 0 Å². The van der Waals surface area contributed by atoms with Crippen molar-refractivity contribution in [1.82, 2.24) is 9.78 Å². The van der Waals surface area contributed by atoms with Crippen molar-refractivity contribution in [3.8, 4) is 5.75 Å². The molecule has 6 nitrogen and oxygen atoms in total. The SMILES string of the molecule is Cc1ccc(Cn2cc(NC(=O)c3ccc(COc4cc(C)cc(C)c4)o3)cn2)cc1. The van der Waals surface area contributed by atoms with Gasteiger partial charge in [0, 0.05) is 6.20 Å². The number of anilines is 1. The molecule has 6 heteroatoms. The van der Waals surface area contributed by atoms with Gasteiger partial charge in [0.15, 0.2) is 5.76 Å². The molecule has 2 aromatic heterocycles. The van der Waals surface area contributed by atoms with Crippen LogP contribution in [-0.2, 0) is 13.2 Å². The van der Waals surface area contributed by atoms with Crippen LogP contribution in [0.3, 0.4) is 0 Å². The van der Waals surface area contributed by atoms with Crippen LogP contribution in [0.5, 0.6) is 5.75 Å². The molecule has 0 radical (unpaired) electrons. The van der Waals surface area contributed by atoms with Crippen LogP contribution in [0.25, 0.3) is 0 Å². The van der Waals surface area contributed by atoms with E-state index in [1.807, 2.05) is 26.0 Å². The third-order valence-electron chi connectivity index (χ3n) is 4.82. The van der Waals surface area contributed by atoms with Crippen molar-refractivity contribution < 1.29 is 13.9 Å². The van der Waals surface area contributed by atoms with E-state index in [4.69, 9.17) is 9.15 Å². The largest absolute Gasteiger partial charge is 0.486 e. The molecule has 0 saturated carbocycles. The quantitative estimate of drug-likeness (QED) is 0.446. The first-order chi connectivity index (χ1) is 14.9. The minimum atomic E-state index is -0.326. The van der Waals surface area contributed by atoms with Gasteiger partial charge < -0.3 is 14.5 Å². The average molecular weight is 415 g/mol. The number of aryl methyl sites for hydroxylation is 3. The van der Waals surface area contributed by atoms with Gasteiger partial charge in [0.05, 0.1) is 18.4 Å². The molecule has 0 unspecified atom stereocenters. The van der Waals surface area contributed by atoms with Crippen molar-refractivity contribution in [3.05, 3.63) is 101 Å². The summed E-state index contributed by atoms with van der Waals surface area (Å²) in [7, 11) is 0. The Kier molecular flexibility index (Phi) is 5.89. The Bertz CT molecular complexity index is 1170. The number of nitrogens with zero attached hydrogens (tertiary/aromatic N) is 2. The highest BCUT2D eigenvalue weighted by Crippen LogP contribution is 2.19. The molecule has 31 heavy (non-hydrogen) atoms. The van der Waals surface area contributed by atoms with Gasteiger partial charge in [0.25, 0.3) is 5.91 Å². The molecular formula is C25H25N3O3. The molecule has 1 N–H and O–H groups in total. The second-order valence-electron chi connectivity index (χ2n) is 7.74. The molecular weight excluding hydrogens is 390 g/mol. The second-order valence-corrected chi connectivity index (χ2v) is 7.74. The molecule has 0 saturated heterocycles. The summed E-state index contributed by atoms with van der Waals surface area (Å²) in [5.41, 5.74) is 5.25. The van der Waals surface area contributed by atoms with Crippen molar-refractivity contribution >= 4 is 11.6 Å². The predicted octanol–water partition coefficient (Wildman–Crippen LogP) is 5.28. The number of hydrogen-bond acceptors (Lipinski definition) is 4. The first-order valence-electron chi connectivity index (χ1n) is 10.1. The fraction of sp³-hybridized carbons (Fsp3) is 0.200. The number of furan rings is 1. The van der Waals surface area contributed by atoms with Crippen molar-refractivity contribution in [3.63, 3.8) is 0 Å². The maximum atomic E-state index is 12.5. The van der Waals surface area contributed by atoms with Crippen LogP contribution < -0.4 is 10.1 Å². The van der Waals surface area contributed by atoms with Crippen LogP contribution in [0.2, 0.25) is 0 Å². The molecule has 0 atom stereocenters. The van der Waals surface area contributed by atoms with Crippen LogP contribution >= 0.6 is 0 Å². The van der Waals surface area contributed by atoms with E-state index >= 15 is 0 Å². The highest BCUT2D eigenvalue weighted by molar-refractivity contribution is 6.02. The topological polar surface area (TPSA) is 69.3 Å². The third-order valence-corrected chi connectivity index (χ3v) is 4.82. The maximum absolute atomic E-state index is 12.5. The molecule has 0 aliphatic carbocycles. The number of carbonyl (C=O) groups excluding carboxylic acids is 1. The standard InChI is InChI=1S/C25H25N3O3/c1-17-4-6-20(7-5-17)14-28-15-21(13-26-28)27-25(29)24-9-8-22(31-24)16-30-23-11-18(2)10-19(3)12-23/h4-13,15H,14,16H2,1-3H3,(H,27,29). The van der Waals surface area contributed by atoms with E-state index in [1.54, 1.807) is 29.2 Å². The maximum Gasteiger partial charge on any atom is 0.291 e. The van der Waals surface area contributed by atoms with Gasteiger partial charge in [-0.2, -0.15) is 5.10 Å². The molecule has 4 rings (SSSR count). The zero-order valence-electron chi connectivity index (χ0n) is 17.9. The zero-order chi connectivity index (χ0) is 21.8. The summed E-state index contributed by atoms with van der Waals surface area (Å²) in [6, 6.07) is 17.7. The van der Waals surface area contributed by atoms with Gasteiger partial charge in [-0.05, 0) is 61.7 Å².